The molecule has 4 rings (SSSR count). The third-order valence-corrected chi connectivity index (χ3v) is 4.53. The van der Waals surface area contributed by atoms with Crippen LogP contribution in [0.4, 0.5) is 0 Å². The van der Waals surface area contributed by atoms with Gasteiger partial charge in [-0.1, -0.05) is 24.3 Å². The highest BCUT2D eigenvalue weighted by Crippen LogP contribution is 2.23. The summed E-state index contributed by atoms with van der Waals surface area (Å²) >= 11 is 1.52. The van der Waals surface area contributed by atoms with Gasteiger partial charge in [-0.3, -0.25) is 4.79 Å². The van der Waals surface area contributed by atoms with Gasteiger partial charge in [0, 0.05) is 5.56 Å². The van der Waals surface area contributed by atoms with Crippen LogP contribution in [0, 0.1) is 0 Å². The minimum Gasteiger partial charge on any atom is -0.443 e. The monoisotopic (exact) mass is 382 g/mol. The van der Waals surface area contributed by atoms with Gasteiger partial charge in [0.2, 0.25) is 17.7 Å². The first-order chi connectivity index (χ1) is 13.2. The Morgan fingerprint density at radius 3 is 2.78 bits per heavy atom. The lowest BCUT2D eigenvalue weighted by molar-refractivity contribution is -0.122. The summed E-state index contributed by atoms with van der Waals surface area (Å²) in [5.74, 6) is -0.393. The van der Waals surface area contributed by atoms with Gasteiger partial charge in [-0.15, -0.1) is 16.4 Å². The number of oxazole rings is 1. The van der Waals surface area contributed by atoms with Crippen LogP contribution in [0.5, 0.6) is 0 Å². The fourth-order valence-electron chi connectivity index (χ4n) is 2.39. The number of carbonyl (C=O) groups excluding carboxylic acids is 1. The summed E-state index contributed by atoms with van der Waals surface area (Å²) in [7, 11) is 0. The number of rotatable bonds is 6. The third-order valence-electron chi connectivity index (χ3n) is 3.67. The highest BCUT2D eigenvalue weighted by atomic mass is 32.1. The molecular weight excluding hydrogens is 368 g/mol. The first-order valence-corrected chi connectivity index (χ1v) is 8.95. The van der Waals surface area contributed by atoms with Gasteiger partial charge in [0.1, 0.15) is 12.8 Å². The second-order valence-corrected chi connectivity index (χ2v) is 6.54. The van der Waals surface area contributed by atoms with Gasteiger partial charge >= 0.3 is 5.76 Å². The summed E-state index contributed by atoms with van der Waals surface area (Å²) in [6.07, 6.45) is 1.49. The summed E-state index contributed by atoms with van der Waals surface area (Å²) in [6, 6.07) is 12.8. The van der Waals surface area contributed by atoms with E-state index in [0.29, 0.717) is 17.1 Å². The van der Waals surface area contributed by atoms with Crippen LogP contribution in [0.1, 0.15) is 5.69 Å². The zero-order chi connectivity index (χ0) is 18.6. The standard InChI is InChI=1S/C18H14N4O4S/c23-15(19-9-13-11-25-17(20-13)14-7-4-8-27-14)10-22-18(24)26-16(21-22)12-5-2-1-3-6-12/h1-8,11H,9-10H2,(H,19,23). The maximum absolute atomic E-state index is 12.1. The Balaban J connectivity index is 1.37. The van der Waals surface area contributed by atoms with E-state index in [1.54, 1.807) is 12.1 Å². The van der Waals surface area contributed by atoms with Crippen LogP contribution in [-0.4, -0.2) is 20.7 Å². The molecule has 0 spiro atoms. The Labute approximate surface area is 157 Å². The third kappa shape index (κ3) is 3.87. The molecule has 0 aliphatic rings. The van der Waals surface area contributed by atoms with E-state index in [0.717, 1.165) is 9.56 Å². The smallest absolute Gasteiger partial charge is 0.437 e. The molecule has 9 heteroatoms. The van der Waals surface area contributed by atoms with Crippen molar-refractivity contribution in [2.45, 2.75) is 13.1 Å². The van der Waals surface area contributed by atoms with Gasteiger partial charge in [-0.2, -0.15) is 4.68 Å². The van der Waals surface area contributed by atoms with E-state index in [1.165, 1.54) is 17.6 Å². The van der Waals surface area contributed by atoms with Crippen molar-refractivity contribution < 1.29 is 13.6 Å². The lowest BCUT2D eigenvalue weighted by Crippen LogP contribution is -2.31. The molecule has 1 N–H and O–H groups in total. The van der Waals surface area contributed by atoms with Gasteiger partial charge in [0.25, 0.3) is 0 Å². The largest absolute Gasteiger partial charge is 0.443 e. The number of carbonyl (C=O) groups is 1. The molecule has 0 saturated carbocycles. The Bertz CT molecular complexity index is 1100. The van der Waals surface area contributed by atoms with Gasteiger partial charge in [-0.05, 0) is 23.6 Å². The van der Waals surface area contributed by atoms with Crippen LogP contribution >= 0.6 is 11.3 Å². The second-order valence-electron chi connectivity index (χ2n) is 5.59. The average molecular weight is 382 g/mol. The molecule has 27 heavy (non-hydrogen) atoms. The van der Waals surface area contributed by atoms with E-state index in [9.17, 15) is 9.59 Å². The number of hydrogen-bond acceptors (Lipinski definition) is 7. The Hall–Kier alpha value is -3.46. The molecule has 1 amide bonds. The van der Waals surface area contributed by atoms with E-state index in [-0.39, 0.29) is 24.9 Å². The summed E-state index contributed by atoms with van der Waals surface area (Å²) in [5.41, 5.74) is 1.25. The van der Waals surface area contributed by atoms with E-state index >= 15 is 0 Å². The zero-order valence-corrected chi connectivity index (χ0v) is 14.8. The number of aromatic nitrogens is 3. The lowest BCUT2D eigenvalue weighted by Gasteiger charge is -2.01. The predicted molar refractivity (Wildman–Crippen MR) is 97.9 cm³/mol. The molecule has 0 aliphatic carbocycles. The van der Waals surface area contributed by atoms with Crippen molar-refractivity contribution in [1.82, 2.24) is 20.1 Å². The van der Waals surface area contributed by atoms with Crippen LogP contribution in [0.3, 0.4) is 0 Å². The normalized spacial score (nSPS) is 10.8. The number of amides is 1. The molecule has 0 atom stereocenters. The van der Waals surface area contributed by atoms with Gasteiger partial charge in [0.15, 0.2) is 0 Å². The van der Waals surface area contributed by atoms with Gasteiger partial charge < -0.3 is 14.2 Å². The molecule has 3 aromatic heterocycles. The maximum Gasteiger partial charge on any atom is 0.437 e. The van der Waals surface area contributed by atoms with Crippen LogP contribution in [-0.2, 0) is 17.9 Å². The molecule has 0 bridgehead atoms. The molecule has 0 radical (unpaired) electrons. The summed E-state index contributed by atoms with van der Waals surface area (Å²) in [6.45, 7) is -0.0589. The number of thiophene rings is 1. The highest BCUT2D eigenvalue weighted by molar-refractivity contribution is 7.13. The van der Waals surface area contributed by atoms with Crippen LogP contribution in [0.2, 0.25) is 0 Å². The van der Waals surface area contributed by atoms with Crippen LogP contribution in [0.25, 0.3) is 22.2 Å². The highest BCUT2D eigenvalue weighted by Gasteiger charge is 2.14. The molecule has 1 aromatic carbocycles. The van der Waals surface area contributed by atoms with E-state index in [2.05, 4.69) is 15.4 Å². The molecule has 0 fully saturated rings. The van der Waals surface area contributed by atoms with Crippen molar-refractivity contribution in [2.24, 2.45) is 0 Å². The summed E-state index contributed by atoms with van der Waals surface area (Å²) < 4.78 is 11.5. The second kappa shape index (κ2) is 7.42. The predicted octanol–water partition coefficient (Wildman–Crippen LogP) is 2.54. The fraction of sp³-hybridized carbons (Fsp3) is 0.111. The molecule has 3 heterocycles. The maximum atomic E-state index is 12.1. The van der Waals surface area contributed by atoms with Crippen molar-refractivity contribution in [2.75, 3.05) is 0 Å². The molecule has 0 saturated heterocycles. The fourth-order valence-corrected chi connectivity index (χ4v) is 3.04. The van der Waals surface area contributed by atoms with E-state index in [4.69, 9.17) is 8.83 Å². The van der Waals surface area contributed by atoms with Gasteiger partial charge in [-0.25, -0.2) is 9.78 Å². The molecule has 136 valence electrons. The summed E-state index contributed by atoms with van der Waals surface area (Å²) in [5, 5.41) is 8.67. The molecule has 0 aliphatic heterocycles. The van der Waals surface area contributed by atoms with Crippen LogP contribution < -0.4 is 11.1 Å². The average Bonchev–Trinajstić information content (AvgIpc) is 3.42. The zero-order valence-electron chi connectivity index (χ0n) is 14.0. The van der Waals surface area contributed by atoms with Crippen LogP contribution in [0.15, 0.2) is 67.7 Å². The number of hydrogen-bond donors (Lipinski definition) is 1. The SMILES string of the molecule is O=C(Cn1nc(-c2ccccc2)oc1=O)NCc1coc(-c2cccs2)n1. The minimum absolute atomic E-state index is 0.172. The molecule has 4 aromatic rings. The number of nitrogens with zero attached hydrogens (tertiary/aromatic N) is 3. The first-order valence-electron chi connectivity index (χ1n) is 8.07. The Morgan fingerprint density at radius 1 is 1.15 bits per heavy atom. The van der Waals surface area contributed by atoms with Crippen molar-refractivity contribution >= 4 is 17.2 Å². The van der Waals surface area contributed by atoms with Crippen molar-refractivity contribution in [3.05, 3.63) is 70.4 Å². The number of nitrogens with one attached hydrogen (secondary N) is 1. The summed E-state index contributed by atoms with van der Waals surface area (Å²) in [4.78, 5) is 29.2. The minimum atomic E-state index is -0.689. The molecular formula is C18H14N4O4S. The Morgan fingerprint density at radius 2 is 2.00 bits per heavy atom. The van der Waals surface area contributed by atoms with Gasteiger partial charge in [0.05, 0.1) is 17.1 Å². The van der Waals surface area contributed by atoms with Crippen molar-refractivity contribution in [3.63, 3.8) is 0 Å². The van der Waals surface area contributed by atoms with E-state index < -0.39 is 5.76 Å². The first kappa shape index (κ1) is 17.0. The topological polar surface area (TPSA) is 103 Å². The molecule has 8 nitrogen and oxygen atoms in total. The molecule has 0 unspecified atom stereocenters. The Kier molecular flexibility index (Phi) is 4.67. The van der Waals surface area contributed by atoms with E-state index in [1.807, 2.05) is 35.7 Å². The number of benzene rings is 1. The quantitative estimate of drug-likeness (QED) is 0.550. The lowest BCUT2D eigenvalue weighted by atomic mass is 10.2. The van der Waals surface area contributed by atoms with Crippen molar-refractivity contribution in [3.8, 4) is 22.2 Å². The van der Waals surface area contributed by atoms with Crippen molar-refractivity contribution in [1.29, 1.82) is 0 Å².